The second kappa shape index (κ2) is 7.11. The highest BCUT2D eigenvalue weighted by Crippen LogP contribution is 2.19. The summed E-state index contributed by atoms with van der Waals surface area (Å²) in [7, 11) is 0. The zero-order valence-electron chi connectivity index (χ0n) is 11.0. The summed E-state index contributed by atoms with van der Waals surface area (Å²) in [4.78, 5) is 13.5. The molecule has 3 nitrogen and oxygen atoms in total. The third-order valence-electron chi connectivity index (χ3n) is 2.86. The van der Waals surface area contributed by atoms with Crippen molar-refractivity contribution < 1.29 is 9.18 Å². The topological polar surface area (TPSA) is 46.3 Å². The summed E-state index contributed by atoms with van der Waals surface area (Å²) >= 11 is 0. The van der Waals surface area contributed by atoms with Crippen LogP contribution in [0.1, 0.15) is 33.1 Å². The largest absolute Gasteiger partial charge is 0.327 e. The fourth-order valence-corrected chi connectivity index (χ4v) is 1.96. The number of nitrogens with two attached hydrogens (primary N) is 1. The molecule has 0 aliphatic rings. The molecule has 0 bridgehead atoms. The molecule has 0 heterocycles. The number of halogens is 1. The summed E-state index contributed by atoms with van der Waals surface area (Å²) in [5.41, 5.74) is 6.18. The van der Waals surface area contributed by atoms with Crippen molar-refractivity contribution in [3.8, 4) is 0 Å². The van der Waals surface area contributed by atoms with E-state index in [1.54, 1.807) is 18.2 Å². The summed E-state index contributed by atoms with van der Waals surface area (Å²) < 4.78 is 13.6. The van der Waals surface area contributed by atoms with Gasteiger partial charge in [-0.1, -0.05) is 25.5 Å². The van der Waals surface area contributed by atoms with Crippen molar-refractivity contribution in [3.05, 3.63) is 30.1 Å². The molecule has 0 aliphatic carbocycles. The van der Waals surface area contributed by atoms with Crippen LogP contribution in [0.2, 0.25) is 0 Å². The van der Waals surface area contributed by atoms with E-state index in [1.807, 2.05) is 13.8 Å². The predicted molar refractivity (Wildman–Crippen MR) is 71.9 cm³/mol. The predicted octanol–water partition coefficient (Wildman–Crippen LogP) is 2.70. The maximum atomic E-state index is 13.6. The molecule has 1 rings (SSSR count). The fourth-order valence-electron chi connectivity index (χ4n) is 1.96. The minimum absolute atomic E-state index is 0.122. The van der Waals surface area contributed by atoms with Crippen molar-refractivity contribution in [2.45, 2.75) is 39.2 Å². The van der Waals surface area contributed by atoms with Crippen LogP contribution in [0.5, 0.6) is 0 Å². The molecule has 1 atom stereocenters. The van der Waals surface area contributed by atoms with E-state index in [0.29, 0.717) is 12.2 Å². The lowest BCUT2D eigenvalue weighted by Crippen LogP contribution is -2.36. The van der Waals surface area contributed by atoms with Crippen LogP contribution in [0.25, 0.3) is 0 Å². The van der Waals surface area contributed by atoms with Crippen molar-refractivity contribution in [2.24, 2.45) is 5.73 Å². The lowest BCUT2D eigenvalue weighted by molar-refractivity contribution is -0.118. The number of amides is 1. The van der Waals surface area contributed by atoms with E-state index in [4.69, 9.17) is 5.73 Å². The van der Waals surface area contributed by atoms with Gasteiger partial charge in [-0.15, -0.1) is 0 Å². The highest BCUT2D eigenvalue weighted by atomic mass is 19.1. The normalized spacial score (nSPS) is 12.2. The van der Waals surface area contributed by atoms with Crippen LogP contribution in [0.15, 0.2) is 24.3 Å². The first kappa shape index (κ1) is 14.6. The Kier molecular flexibility index (Phi) is 5.78. The van der Waals surface area contributed by atoms with Crippen LogP contribution in [0.3, 0.4) is 0 Å². The van der Waals surface area contributed by atoms with Crippen molar-refractivity contribution >= 4 is 11.6 Å². The smallest absolute Gasteiger partial charge is 0.228 e. The molecular weight excluding hydrogens is 231 g/mol. The van der Waals surface area contributed by atoms with Crippen LogP contribution >= 0.6 is 0 Å². The number of anilines is 1. The van der Waals surface area contributed by atoms with Crippen molar-refractivity contribution in [3.63, 3.8) is 0 Å². The monoisotopic (exact) mass is 252 g/mol. The Morgan fingerprint density at radius 2 is 2.06 bits per heavy atom. The van der Waals surface area contributed by atoms with Gasteiger partial charge in [0.1, 0.15) is 5.82 Å². The Hall–Kier alpha value is -1.42. The maximum Gasteiger partial charge on any atom is 0.228 e. The molecule has 4 heteroatoms. The molecule has 0 radical (unpaired) electrons. The molecule has 1 amide bonds. The molecule has 1 aromatic rings. The van der Waals surface area contributed by atoms with Crippen molar-refractivity contribution in [1.82, 2.24) is 0 Å². The van der Waals surface area contributed by atoms with Gasteiger partial charge in [0.05, 0.1) is 5.69 Å². The number of carbonyl (C=O) groups is 1. The summed E-state index contributed by atoms with van der Waals surface area (Å²) in [6.07, 6.45) is 2.01. The van der Waals surface area contributed by atoms with Gasteiger partial charge < -0.3 is 10.6 Å². The van der Waals surface area contributed by atoms with Gasteiger partial charge in [-0.25, -0.2) is 4.39 Å². The van der Waals surface area contributed by atoms with E-state index in [9.17, 15) is 9.18 Å². The molecule has 0 saturated heterocycles. The Bertz CT molecular complexity index is 395. The molecule has 1 aromatic carbocycles. The van der Waals surface area contributed by atoms with Gasteiger partial charge in [-0.2, -0.15) is 0 Å². The SMILES string of the molecule is CCCC(N)CC(=O)N(CC)c1ccccc1F. The minimum atomic E-state index is -0.378. The highest BCUT2D eigenvalue weighted by molar-refractivity contribution is 5.93. The maximum absolute atomic E-state index is 13.6. The van der Waals surface area contributed by atoms with E-state index in [2.05, 4.69) is 0 Å². The third kappa shape index (κ3) is 3.81. The molecular formula is C14H21FN2O. The summed E-state index contributed by atoms with van der Waals surface area (Å²) in [6.45, 7) is 4.30. The van der Waals surface area contributed by atoms with Crippen molar-refractivity contribution in [1.29, 1.82) is 0 Å². The third-order valence-corrected chi connectivity index (χ3v) is 2.86. The number of carbonyl (C=O) groups excluding carboxylic acids is 1. The van der Waals surface area contributed by atoms with E-state index in [0.717, 1.165) is 12.8 Å². The Morgan fingerprint density at radius 3 is 2.61 bits per heavy atom. The second-order valence-electron chi connectivity index (χ2n) is 4.34. The van der Waals surface area contributed by atoms with E-state index < -0.39 is 0 Å². The molecule has 0 fully saturated rings. The van der Waals surface area contributed by atoms with E-state index in [1.165, 1.54) is 11.0 Å². The van der Waals surface area contributed by atoms with Crippen LogP contribution in [0, 0.1) is 5.82 Å². The van der Waals surface area contributed by atoms with E-state index >= 15 is 0 Å². The number of benzene rings is 1. The molecule has 100 valence electrons. The van der Waals surface area contributed by atoms with Gasteiger partial charge in [0, 0.05) is 19.0 Å². The Morgan fingerprint density at radius 1 is 1.39 bits per heavy atom. The molecule has 1 unspecified atom stereocenters. The molecule has 0 spiro atoms. The van der Waals surface area contributed by atoms with Crippen LogP contribution in [0.4, 0.5) is 10.1 Å². The number of hydrogen-bond acceptors (Lipinski definition) is 2. The van der Waals surface area contributed by atoms with Gasteiger partial charge in [0.25, 0.3) is 0 Å². The first-order chi connectivity index (χ1) is 8.60. The first-order valence-electron chi connectivity index (χ1n) is 6.40. The van der Waals surface area contributed by atoms with Crippen LogP contribution in [-0.2, 0) is 4.79 Å². The number of rotatable bonds is 6. The molecule has 2 N–H and O–H groups in total. The second-order valence-corrected chi connectivity index (χ2v) is 4.34. The van der Waals surface area contributed by atoms with Gasteiger partial charge in [-0.05, 0) is 25.5 Å². The lowest BCUT2D eigenvalue weighted by Gasteiger charge is -2.23. The molecule has 18 heavy (non-hydrogen) atoms. The average molecular weight is 252 g/mol. The van der Waals surface area contributed by atoms with Gasteiger partial charge in [-0.3, -0.25) is 4.79 Å². The summed E-state index contributed by atoms with van der Waals surface area (Å²) in [5, 5.41) is 0. The number of hydrogen-bond donors (Lipinski definition) is 1. The molecule has 0 aliphatic heterocycles. The Labute approximate surface area is 108 Å². The van der Waals surface area contributed by atoms with Crippen LogP contribution < -0.4 is 10.6 Å². The average Bonchev–Trinajstić information content (AvgIpc) is 2.32. The standard InChI is InChI=1S/C14H21FN2O/c1-3-7-11(16)10-14(18)17(4-2)13-9-6-5-8-12(13)15/h5-6,8-9,11H,3-4,7,10,16H2,1-2H3. The van der Waals surface area contributed by atoms with Crippen LogP contribution in [-0.4, -0.2) is 18.5 Å². The van der Waals surface area contributed by atoms with E-state index in [-0.39, 0.29) is 24.2 Å². The summed E-state index contributed by atoms with van der Waals surface area (Å²) in [5.74, 6) is -0.500. The zero-order valence-corrected chi connectivity index (χ0v) is 11.0. The zero-order chi connectivity index (χ0) is 13.5. The quantitative estimate of drug-likeness (QED) is 0.846. The number of nitrogens with zero attached hydrogens (tertiary/aromatic N) is 1. The molecule has 0 aromatic heterocycles. The number of para-hydroxylation sites is 1. The first-order valence-corrected chi connectivity index (χ1v) is 6.40. The highest BCUT2D eigenvalue weighted by Gasteiger charge is 2.19. The van der Waals surface area contributed by atoms with Gasteiger partial charge >= 0.3 is 0 Å². The van der Waals surface area contributed by atoms with Crippen molar-refractivity contribution in [2.75, 3.05) is 11.4 Å². The fraction of sp³-hybridized carbons (Fsp3) is 0.500. The minimum Gasteiger partial charge on any atom is -0.327 e. The summed E-state index contributed by atoms with van der Waals surface area (Å²) in [6, 6.07) is 6.16. The van der Waals surface area contributed by atoms with Gasteiger partial charge in [0.2, 0.25) is 5.91 Å². The van der Waals surface area contributed by atoms with Gasteiger partial charge in [0.15, 0.2) is 0 Å². The lowest BCUT2D eigenvalue weighted by atomic mass is 10.1. The Balaban J connectivity index is 2.78. The molecule has 0 saturated carbocycles.